The van der Waals surface area contributed by atoms with Crippen LogP contribution < -0.4 is 15.8 Å². The maximum Gasteiger partial charge on any atom is 0.387 e. The van der Waals surface area contributed by atoms with Crippen LogP contribution in [0.25, 0.3) is 0 Å². The van der Waals surface area contributed by atoms with Gasteiger partial charge in [0.05, 0.1) is 12.1 Å². The van der Waals surface area contributed by atoms with Gasteiger partial charge in [0.2, 0.25) is 5.91 Å². The van der Waals surface area contributed by atoms with Crippen molar-refractivity contribution in [3.8, 4) is 5.75 Å². The molecule has 5 nitrogen and oxygen atoms in total. The first-order valence-electron chi connectivity index (χ1n) is 7.20. The summed E-state index contributed by atoms with van der Waals surface area (Å²) in [5.74, 6) is -0.155. The van der Waals surface area contributed by atoms with Gasteiger partial charge in [0, 0.05) is 6.54 Å². The summed E-state index contributed by atoms with van der Waals surface area (Å²) in [7, 11) is 0. The van der Waals surface area contributed by atoms with E-state index in [1.54, 1.807) is 19.1 Å². The zero-order chi connectivity index (χ0) is 16.1. The fraction of sp³-hybridized carbons (Fsp3) is 0.533. The zero-order valence-corrected chi connectivity index (χ0v) is 13.5. The second kappa shape index (κ2) is 9.00. The lowest BCUT2D eigenvalue weighted by Gasteiger charge is -2.18. The van der Waals surface area contributed by atoms with Crippen LogP contribution in [-0.2, 0) is 9.53 Å². The van der Waals surface area contributed by atoms with Crippen LogP contribution in [0.5, 0.6) is 5.75 Å². The molecule has 0 saturated carbocycles. The Bertz CT molecular complexity index is 519. The second-order valence-electron chi connectivity index (χ2n) is 5.24. The van der Waals surface area contributed by atoms with E-state index in [2.05, 4.69) is 10.1 Å². The van der Waals surface area contributed by atoms with E-state index in [1.165, 1.54) is 12.1 Å². The van der Waals surface area contributed by atoms with Gasteiger partial charge in [-0.25, -0.2) is 0 Å². The molecule has 1 heterocycles. The van der Waals surface area contributed by atoms with Gasteiger partial charge in [0.1, 0.15) is 11.9 Å². The highest BCUT2D eigenvalue weighted by molar-refractivity contribution is 5.85. The molecule has 1 unspecified atom stereocenters. The molecule has 1 fully saturated rings. The van der Waals surface area contributed by atoms with E-state index in [-0.39, 0.29) is 36.2 Å². The Morgan fingerprint density at radius 1 is 1.48 bits per heavy atom. The number of benzene rings is 1. The first-order chi connectivity index (χ1) is 10.5. The van der Waals surface area contributed by atoms with E-state index in [0.717, 1.165) is 6.42 Å². The van der Waals surface area contributed by atoms with Gasteiger partial charge in [0.15, 0.2) is 0 Å². The van der Waals surface area contributed by atoms with Crippen molar-refractivity contribution in [3.05, 3.63) is 29.8 Å². The Hall–Kier alpha value is -1.44. The minimum Gasteiger partial charge on any atom is -0.435 e. The summed E-state index contributed by atoms with van der Waals surface area (Å²) in [5.41, 5.74) is 6.19. The third-order valence-corrected chi connectivity index (χ3v) is 3.60. The summed E-state index contributed by atoms with van der Waals surface area (Å²) < 4.78 is 34.3. The molecule has 8 heteroatoms. The lowest BCUT2D eigenvalue weighted by Crippen LogP contribution is -2.37. The number of amides is 1. The van der Waals surface area contributed by atoms with Gasteiger partial charge in [-0.15, -0.1) is 12.4 Å². The van der Waals surface area contributed by atoms with E-state index < -0.39 is 12.7 Å². The fourth-order valence-electron chi connectivity index (χ4n) is 2.42. The van der Waals surface area contributed by atoms with E-state index >= 15 is 0 Å². The van der Waals surface area contributed by atoms with Gasteiger partial charge in [-0.3, -0.25) is 4.79 Å². The third-order valence-electron chi connectivity index (χ3n) is 3.60. The number of hydrogen-bond donors (Lipinski definition) is 2. The molecule has 130 valence electrons. The molecule has 1 aromatic rings. The predicted octanol–water partition coefficient (Wildman–Crippen LogP) is 2.39. The van der Waals surface area contributed by atoms with Crippen molar-refractivity contribution in [1.29, 1.82) is 0 Å². The van der Waals surface area contributed by atoms with Crippen LogP contribution in [0.15, 0.2) is 24.3 Å². The van der Waals surface area contributed by atoms with E-state index in [9.17, 15) is 13.6 Å². The van der Waals surface area contributed by atoms with Gasteiger partial charge in [-0.1, -0.05) is 12.1 Å². The second-order valence-corrected chi connectivity index (χ2v) is 5.24. The van der Waals surface area contributed by atoms with E-state index in [1.807, 2.05) is 0 Å². The molecule has 1 aliphatic heterocycles. The predicted molar refractivity (Wildman–Crippen MR) is 83.8 cm³/mol. The fourth-order valence-corrected chi connectivity index (χ4v) is 2.42. The number of halogens is 3. The number of nitrogens with two attached hydrogens (primary N) is 1. The van der Waals surface area contributed by atoms with Crippen molar-refractivity contribution in [2.24, 2.45) is 5.73 Å². The van der Waals surface area contributed by atoms with Crippen LogP contribution in [0.1, 0.15) is 31.4 Å². The van der Waals surface area contributed by atoms with Crippen molar-refractivity contribution in [1.82, 2.24) is 5.32 Å². The number of nitrogens with one attached hydrogen (secondary N) is 1. The molecular weight excluding hydrogens is 330 g/mol. The van der Waals surface area contributed by atoms with Crippen molar-refractivity contribution in [2.45, 2.75) is 44.6 Å². The standard InChI is InChI=1S/C15H20F2N2O3.ClH/c1-9(10-3-2-4-11(7-10)22-15(16)17)19-14(20)13-6-5-12(8-18)21-13;/h2-4,7,9,12-13,15H,5-6,8,18H2,1H3,(H,19,20);1H/t9?,12-,13+;/m1./s1. The molecule has 0 aliphatic carbocycles. The topological polar surface area (TPSA) is 73.6 Å². The first-order valence-corrected chi connectivity index (χ1v) is 7.20. The molecule has 0 spiro atoms. The summed E-state index contributed by atoms with van der Waals surface area (Å²) >= 11 is 0. The van der Waals surface area contributed by atoms with Crippen LogP contribution in [0.2, 0.25) is 0 Å². The normalized spacial score (nSPS) is 21.6. The molecule has 2 rings (SSSR count). The number of ether oxygens (including phenoxy) is 2. The number of alkyl halides is 2. The Morgan fingerprint density at radius 2 is 2.22 bits per heavy atom. The van der Waals surface area contributed by atoms with Gasteiger partial charge >= 0.3 is 6.61 Å². The largest absolute Gasteiger partial charge is 0.435 e. The molecule has 23 heavy (non-hydrogen) atoms. The molecule has 1 aliphatic rings. The molecule has 0 bridgehead atoms. The smallest absolute Gasteiger partial charge is 0.387 e. The number of rotatable bonds is 6. The monoisotopic (exact) mass is 350 g/mol. The minimum absolute atomic E-state index is 0. The van der Waals surface area contributed by atoms with Crippen LogP contribution >= 0.6 is 12.4 Å². The zero-order valence-electron chi connectivity index (χ0n) is 12.7. The molecule has 1 aromatic carbocycles. The van der Waals surface area contributed by atoms with Gasteiger partial charge < -0.3 is 20.5 Å². The van der Waals surface area contributed by atoms with Crippen LogP contribution in [-0.4, -0.2) is 31.3 Å². The SMILES string of the molecule is CC(NC(=O)[C@@H]1CC[C@H](CN)O1)c1cccc(OC(F)F)c1.Cl. The summed E-state index contributed by atoms with van der Waals surface area (Å²) in [5, 5.41) is 2.82. The maximum atomic E-state index is 12.2. The molecule has 3 atom stereocenters. The Balaban J connectivity index is 0.00000264. The summed E-state index contributed by atoms with van der Waals surface area (Å²) in [6, 6.07) is 5.92. The highest BCUT2D eigenvalue weighted by atomic mass is 35.5. The van der Waals surface area contributed by atoms with Crippen LogP contribution in [0, 0.1) is 0 Å². The molecule has 0 aromatic heterocycles. The summed E-state index contributed by atoms with van der Waals surface area (Å²) in [6.45, 7) is -0.707. The highest BCUT2D eigenvalue weighted by Gasteiger charge is 2.30. The quantitative estimate of drug-likeness (QED) is 0.826. The number of carbonyl (C=O) groups is 1. The molecule has 1 saturated heterocycles. The average Bonchev–Trinajstić information content (AvgIpc) is 2.95. The Morgan fingerprint density at radius 3 is 2.83 bits per heavy atom. The number of carbonyl (C=O) groups excluding carboxylic acids is 1. The van der Waals surface area contributed by atoms with Gasteiger partial charge in [-0.05, 0) is 37.5 Å². The van der Waals surface area contributed by atoms with Crippen molar-refractivity contribution in [2.75, 3.05) is 6.54 Å². The van der Waals surface area contributed by atoms with Gasteiger partial charge in [-0.2, -0.15) is 8.78 Å². The van der Waals surface area contributed by atoms with Gasteiger partial charge in [0.25, 0.3) is 0 Å². The molecular formula is C15H21ClF2N2O3. The number of hydrogen-bond acceptors (Lipinski definition) is 4. The van der Waals surface area contributed by atoms with Crippen LogP contribution in [0.4, 0.5) is 8.78 Å². The minimum atomic E-state index is -2.87. The highest BCUT2D eigenvalue weighted by Crippen LogP contribution is 2.23. The van der Waals surface area contributed by atoms with E-state index in [4.69, 9.17) is 10.5 Å². The summed E-state index contributed by atoms with van der Waals surface area (Å²) in [4.78, 5) is 12.1. The first kappa shape index (κ1) is 19.6. The molecule has 0 radical (unpaired) electrons. The third kappa shape index (κ3) is 5.60. The van der Waals surface area contributed by atoms with Crippen molar-refractivity contribution >= 4 is 18.3 Å². The van der Waals surface area contributed by atoms with Crippen molar-refractivity contribution in [3.63, 3.8) is 0 Å². The van der Waals surface area contributed by atoms with Crippen molar-refractivity contribution < 1.29 is 23.0 Å². The lowest BCUT2D eigenvalue weighted by molar-refractivity contribution is -0.132. The van der Waals surface area contributed by atoms with Crippen LogP contribution in [0.3, 0.4) is 0 Å². The average molecular weight is 351 g/mol. The molecule has 1 amide bonds. The maximum absolute atomic E-state index is 12.2. The van der Waals surface area contributed by atoms with E-state index in [0.29, 0.717) is 18.5 Å². The molecule has 3 N–H and O–H groups in total. The lowest BCUT2D eigenvalue weighted by atomic mass is 10.1. The Kier molecular flexibility index (Phi) is 7.67. The Labute approximate surface area is 139 Å². The summed E-state index contributed by atoms with van der Waals surface area (Å²) in [6.07, 6.45) is 0.820.